The van der Waals surface area contributed by atoms with Gasteiger partial charge in [0.25, 0.3) is 0 Å². The second kappa shape index (κ2) is 3.18. The molecule has 13 heavy (non-hydrogen) atoms. The highest BCUT2D eigenvalue weighted by Crippen LogP contribution is 2.17. The van der Waals surface area contributed by atoms with Gasteiger partial charge >= 0.3 is 0 Å². The van der Waals surface area contributed by atoms with Gasteiger partial charge in [0.2, 0.25) is 5.91 Å². The molecular formula is C8H12N4O. The maximum absolute atomic E-state index is 11.4. The fourth-order valence-corrected chi connectivity index (χ4v) is 1.55. The van der Waals surface area contributed by atoms with Gasteiger partial charge in [-0.1, -0.05) is 0 Å². The van der Waals surface area contributed by atoms with Crippen LogP contribution >= 0.6 is 0 Å². The van der Waals surface area contributed by atoms with Crippen molar-refractivity contribution in [3.63, 3.8) is 0 Å². The zero-order valence-electron chi connectivity index (χ0n) is 7.45. The van der Waals surface area contributed by atoms with Gasteiger partial charge in [-0.2, -0.15) is 0 Å². The molecule has 1 amide bonds. The van der Waals surface area contributed by atoms with Gasteiger partial charge in [-0.05, 0) is 0 Å². The third-order valence-electron chi connectivity index (χ3n) is 2.27. The lowest BCUT2D eigenvalue weighted by molar-refractivity contribution is -0.121. The molecule has 70 valence electrons. The number of hydrogen-bond donors (Lipinski definition) is 2. The third kappa shape index (κ3) is 1.31. The van der Waals surface area contributed by atoms with Crippen LogP contribution in [0.4, 0.5) is 0 Å². The first kappa shape index (κ1) is 8.25. The third-order valence-corrected chi connectivity index (χ3v) is 2.27. The molecule has 5 heteroatoms. The molecule has 2 rings (SSSR count). The molecule has 0 aromatic heterocycles. The van der Waals surface area contributed by atoms with E-state index in [4.69, 9.17) is 0 Å². The minimum atomic E-state index is -0.234. The van der Waals surface area contributed by atoms with Crippen molar-refractivity contribution in [1.29, 1.82) is 0 Å². The Morgan fingerprint density at radius 1 is 1.85 bits per heavy atom. The molecule has 0 spiro atoms. The second-order valence-corrected chi connectivity index (χ2v) is 3.02. The van der Waals surface area contributed by atoms with Crippen LogP contribution in [0.2, 0.25) is 0 Å². The average molecular weight is 180 g/mol. The Bertz CT molecular complexity index is 284. The molecule has 0 aliphatic carbocycles. The predicted molar refractivity (Wildman–Crippen MR) is 49.1 cm³/mol. The summed E-state index contributed by atoms with van der Waals surface area (Å²) in [5.74, 6) is -0.00847. The monoisotopic (exact) mass is 180 g/mol. The lowest BCUT2D eigenvalue weighted by Gasteiger charge is -2.19. The van der Waals surface area contributed by atoms with Crippen LogP contribution in [-0.4, -0.2) is 43.3 Å². The lowest BCUT2D eigenvalue weighted by atomic mass is 10.2. The smallest absolute Gasteiger partial charge is 0.243 e. The van der Waals surface area contributed by atoms with Gasteiger partial charge in [-0.25, -0.2) is 0 Å². The Morgan fingerprint density at radius 3 is 3.46 bits per heavy atom. The van der Waals surface area contributed by atoms with Gasteiger partial charge in [0.1, 0.15) is 6.04 Å². The molecule has 1 atom stereocenters. The number of fused-ring (bicyclic) bond motifs is 1. The van der Waals surface area contributed by atoms with Crippen LogP contribution in [0.3, 0.4) is 0 Å². The number of nitrogens with zero attached hydrogens (tertiary/aromatic N) is 2. The van der Waals surface area contributed by atoms with Gasteiger partial charge in [-0.3, -0.25) is 15.1 Å². The summed E-state index contributed by atoms with van der Waals surface area (Å²) in [6.07, 6.45) is 3.57. The highest BCUT2D eigenvalue weighted by atomic mass is 16.2. The van der Waals surface area contributed by atoms with Gasteiger partial charge < -0.3 is 10.2 Å². The van der Waals surface area contributed by atoms with Crippen molar-refractivity contribution in [3.05, 3.63) is 11.9 Å². The minimum Gasteiger partial charge on any atom is -0.357 e. The first-order valence-corrected chi connectivity index (χ1v) is 4.24. The van der Waals surface area contributed by atoms with Crippen molar-refractivity contribution in [3.8, 4) is 0 Å². The number of carbonyl (C=O) groups excluding carboxylic acids is 1. The lowest BCUT2D eigenvalue weighted by Crippen LogP contribution is -2.39. The largest absolute Gasteiger partial charge is 0.357 e. The Labute approximate surface area is 76.5 Å². The number of aliphatic imine (C=N–C) groups is 1. The molecule has 0 saturated carbocycles. The summed E-state index contributed by atoms with van der Waals surface area (Å²) in [4.78, 5) is 17.5. The number of hydrogen-bond acceptors (Lipinski definition) is 4. The van der Waals surface area contributed by atoms with Gasteiger partial charge in [0.15, 0.2) is 0 Å². The van der Waals surface area contributed by atoms with E-state index in [1.807, 2.05) is 6.21 Å². The molecule has 0 aromatic carbocycles. The number of likely N-dealkylation sites (N-methyl/N-ethyl adjacent to an activating group) is 1. The predicted octanol–water partition coefficient (Wildman–Crippen LogP) is -1.11. The van der Waals surface area contributed by atoms with Crippen molar-refractivity contribution in [2.24, 2.45) is 4.99 Å². The van der Waals surface area contributed by atoms with E-state index >= 15 is 0 Å². The molecule has 0 radical (unpaired) electrons. The Hall–Kier alpha value is -1.36. The highest BCUT2D eigenvalue weighted by Gasteiger charge is 2.32. The standard InChI is InChI=1S/C8H12N4O/c1-9-8(13)7-6-4-10-2-3-12(6)5-11-7/h2,4,7,11H,3,5H2,1H3,(H,9,13). The van der Waals surface area contributed by atoms with Crippen LogP contribution in [0.5, 0.6) is 0 Å². The number of amides is 1. The van der Waals surface area contributed by atoms with E-state index in [1.165, 1.54) is 0 Å². The van der Waals surface area contributed by atoms with Crippen molar-refractivity contribution < 1.29 is 4.79 Å². The SMILES string of the molecule is CNC(=O)C1NCN2CC=NC=C12. The molecule has 1 fully saturated rings. The van der Waals surface area contributed by atoms with Crippen molar-refractivity contribution in [1.82, 2.24) is 15.5 Å². The normalized spacial score (nSPS) is 25.5. The highest BCUT2D eigenvalue weighted by molar-refractivity contribution is 5.85. The van der Waals surface area contributed by atoms with E-state index < -0.39 is 0 Å². The van der Waals surface area contributed by atoms with Crippen molar-refractivity contribution in [2.75, 3.05) is 20.3 Å². The zero-order chi connectivity index (χ0) is 9.26. The summed E-state index contributed by atoms with van der Waals surface area (Å²) in [7, 11) is 1.64. The molecule has 2 aliphatic heterocycles. The van der Waals surface area contributed by atoms with Gasteiger partial charge in [0, 0.05) is 19.5 Å². The van der Waals surface area contributed by atoms with Crippen LogP contribution in [-0.2, 0) is 4.79 Å². The van der Waals surface area contributed by atoms with Gasteiger partial charge in [0.05, 0.1) is 18.9 Å². The first-order valence-electron chi connectivity index (χ1n) is 4.24. The first-order chi connectivity index (χ1) is 6.33. The topological polar surface area (TPSA) is 56.7 Å². The van der Waals surface area contributed by atoms with Crippen LogP contribution in [0.1, 0.15) is 0 Å². The maximum Gasteiger partial charge on any atom is 0.243 e. The molecule has 2 heterocycles. The molecule has 0 aromatic rings. The maximum atomic E-state index is 11.4. The van der Waals surface area contributed by atoms with Crippen LogP contribution in [0.25, 0.3) is 0 Å². The average Bonchev–Trinajstić information content (AvgIpc) is 2.60. The summed E-state index contributed by atoms with van der Waals surface area (Å²) in [6, 6.07) is -0.234. The van der Waals surface area contributed by atoms with Crippen molar-refractivity contribution in [2.45, 2.75) is 6.04 Å². The summed E-state index contributed by atoms with van der Waals surface area (Å²) in [5, 5.41) is 5.73. The molecule has 2 aliphatic rings. The molecule has 2 N–H and O–H groups in total. The van der Waals surface area contributed by atoms with E-state index in [9.17, 15) is 4.79 Å². The molecule has 1 saturated heterocycles. The van der Waals surface area contributed by atoms with E-state index in [0.717, 1.165) is 18.9 Å². The van der Waals surface area contributed by atoms with E-state index in [-0.39, 0.29) is 11.9 Å². The fraction of sp³-hybridized carbons (Fsp3) is 0.500. The number of nitrogens with one attached hydrogen (secondary N) is 2. The fourth-order valence-electron chi connectivity index (χ4n) is 1.55. The quantitative estimate of drug-likeness (QED) is 0.538. The van der Waals surface area contributed by atoms with Crippen LogP contribution in [0, 0.1) is 0 Å². The van der Waals surface area contributed by atoms with Crippen LogP contribution < -0.4 is 10.6 Å². The summed E-state index contributed by atoms with van der Waals surface area (Å²) < 4.78 is 0. The number of carbonyl (C=O) groups is 1. The Kier molecular flexibility index (Phi) is 2.02. The second-order valence-electron chi connectivity index (χ2n) is 3.02. The molecule has 1 unspecified atom stereocenters. The van der Waals surface area contributed by atoms with E-state index in [1.54, 1.807) is 13.2 Å². The Morgan fingerprint density at radius 2 is 2.69 bits per heavy atom. The number of rotatable bonds is 1. The van der Waals surface area contributed by atoms with Gasteiger partial charge in [-0.15, -0.1) is 0 Å². The van der Waals surface area contributed by atoms with Crippen LogP contribution in [0.15, 0.2) is 16.9 Å². The summed E-state index contributed by atoms with van der Waals surface area (Å²) in [6.45, 7) is 1.50. The molecular weight excluding hydrogens is 168 g/mol. The van der Waals surface area contributed by atoms with Crippen molar-refractivity contribution >= 4 is 12.1 Å². The molecule has 5 nitrogen and oxygen atoms in total. The summed E-state index contributed by atoms with van der Waals surface area (Å²) >= 11 is 0. The Balaban J connectivity index is 2.19. The van der Waals surface area contributed by atoms with E-state index in [0.29, 0.717) is 0 Å². The minimum absolute atomic E-state index is 0.00847. The summed E-state index contributed by atoms with van der Waals surface area (Å²) in [5.41, 5.74) is 0.960. The molecule has 0 bridgehead atoms. The van der Waals surface area contributed by atoms with E-state index in [2.05, 4.69) is 20.5 Å². The zero-order valence-corrected chi connectivity index (χ0v) is 7.45.